The molecule has 0 bridgehead atoms. The van der Waals surface area contributed by atoms with Crippen LogP contribution < -0.4 is 5.69 Å². The standard InChI is InChI=1S/C17H23N5O3/c23-16(13-22-17(24)21-6-2-1-5-15(21)18-22)20-9-7-19(8-10-20)12-14-4-3-11-25-14/h1-2,5-6,14H,3-4,7-13H2. The molecule has 2 aliphatic heterocycles. The van der Waals surface area contributed by atoms with E-state index in [9.17, 15) is 9.59 Å². The van der Waals surface area contributed by atoms with E-state index in [-0.39, 0.29) is 18.1 Å². The molecule has 1 amide bonds. The number of amides is 1. The number of nitrogens with zero attached hydrogens (tertiary/aromatic N) is 5. The van der Waals surface area contributed by atoms with Crippen molar-refractivity contribution in [3.8, 4) is 0 Å². The minimum Gasteiger partial charge on any atom is -0.377 e. The Hall–Kier alpha value is -2.19. The van der Waals surface area contributed by atoms with Gasteiger partial charge in [-0.3, -0.25) is 14.1 Å². The van der Waals surface area contributed by atoms with E-state index < -0.39 is 0 Å². The first kappa shape index (κ1) is 16.3. The summed E-state index contributed by atoms with van der Waals surface area (Å²) in [5.41, 5.74) is 0.280. The molecule has 0 radical (unpaired) electrons. The van der Waals surface area contributed by atoms with Gasteiger partial charge in [0.25, 0.3) is 0 Å². The van der Waals surface area contributed by atoms with Gasteiger partial charge in [0.2, 0.25) is 5.91 Å². The molecule has 2 fully saturated rings. The van der Waals surface area contributed by atoms with Crippen molar-refractivity contribution in [2.45, 2.75) is 25.5 Å². The molecule has 4 heterocycles. The van der Waals surface area contributed by atoms with Crippen molar-refractivity contribution < 1.29 is 9.53 Å². The van der Waals surface area contributed by atoms with Crippen LogP contribution in [0.25, 0.3) is 5.65 Å². The van der Waals surface area contributed by atoms with Gasteiger partial charge in [-0.25, -0.2) is 9.48 Å². The van der Waals surface area contributed by atoms with E-state index in [4.69, 9.17) is 4.74 Å². The lowest BCUT2D eigenvalue weighted by atomic mass is 10.2. The van der Waals surface area contributed by atoms with Crippen molar-refractivity contribution in [3.63, 3.8) is 0 Å². The summed E-state index contributed by atoms with van der Waals surface area (Å²) in [5, 5.41) is 4.22. The number of carbonyl (C=O) groups is 1. The fourth-order valence-corrected chi connectivity index (χ4v) is 3.56. The first-order valence-electron chi connectivity index (χ1n) is 8.86. The van der Waals surface area contributed by atoms with Crippen LogP contribution in [0.3, 0.4) is 0 Å². The van der Waals surface area contributed by atoms with Crippen LogP contribution in [0.5, 0.6) is 0 Å². The molecular weight excluding hydrogens is 322 g/mol. The quantitative estimate of drug-likeness (QED) is 0.769. The summed E-state index contributed by atoms with van der Waals surface area (Å²) in [6.45, 7) is 4.90. The van der Waals surface area contributed by atoms with Gasteiger partial charge in [-0.05, 0) is 25.0 Å². The molecule has 2 aromatic heterocycles. The lowest BCUT2D eigenvalue weighted by Gasteiger charge is -2.35. The number of pyridine rings is 1. The maximum absolute atomic E-state index is 12.5. The molecule has 0 aliphatic carbocycles. The first-order chi connectivity index (χ1) is 12.2. The van der Waals surface area contributed by atoms with Gasteiger partial charge in [0.05, 0.1) is 6.10 Å². The molecule has 2 aliphatic rings. The minimum absolute atomic E-state index is 0.00769. The zero-order valence-electron chi connectivity index (χ0n) is 14.2. The molecule has 8 nitrogen and oxygen atoms in total. The Morgan fingerprint density at radius 1 is 1.24 bits per heavy atom. The molecular formula is C17H23N5O3. The second-order valence-electron chi connectivity index (χ2n) is 6.69. The number of piperazine rings is 1. The van der Waals surface area contributed by atoms with E-state index in [1.165, 1.54) is 9.08 Å². The summed E-state index contributed by atoms with van der Waals surface area (Å²) in [5.74, 6) is -0.0535. The van der Waals surface area contributed by atoms with Crippen molar-refractivity contribution in [3.05, 3.63) is 34.9 Å². The molecule has 0 spiro atoms. The van der Waals surface area contributed by atoms with E-state index in [0.29, 0.717) is 24.8 Å². The normalized spacial score (nSPS) is 21.9. The largest absolute Gasteiger partial charge is 0.377 e. The second kappa shape index (κ2) is 6.97. The van der Waals surface area contributed by atoms with Gasteiger partial charge in [0.15, 0.2) is 5.65 Å². The van der Waals surface area contributed by atoms with E-state index in [2.05, 4.69) is 10.00 Å². The molecule has 134 valence electrons. The van der Waals surface area contributed by atoms with Gasteiger partial charge in [-0.15, -0.1) is 5.10 Å². The maximum atomic E-state index is 12.5. The third kappa shape index (κ3) is 3.45. The summed E-state index contributed by atoms with van der Waals surface area (Å²) < 4.78 is 8.38. The number of hydrogen-bond acceptors (Lipinski definition) is 5. The predicted molar refractivity (Wildman–Crippen MR) is 91.4 cm³/mol. The van der Waals surface area contributed by atoms with Gasteiger partial charge in [-0.2, -0.15) is 0 Å². The Labute approximate surface area is 145 Å². The lowest BCUT2D eigenvalue weighted by Crippen LogP contribution is -2.51. The number of aromatic nitrogens is 3. The minimum atomic E-state index is -0.277. The molecule has 4 rings (SSSR count). The van der Waals surface area contributed by atoms with Crippen LogP contribution in [-0.4, -0.2) is 75.3 Å². The maximum Gasteiger partial charge on any atom is 0.350 e. The topological polar surface area (TPSA) is 72.1 Å². The highest BCUT2D eigenvalue weighted by Crippen LogP contribution is 2.14. The number of carbonyl (C=O) groups excluding carboxylic acids is 1. The van der Waals surface area contributed by atoms with Crippen molar-refractivity contribution in [2.24, 2.45) is 0 Å². The van der Waals surface area contributed by atoms with E-state index in [0.717, 1.165) is 39.1 Å². The Bertz CT molecular complexity index is 800. The van der Waals surface area contributed by atoms with Crippen molar-refractivity contribution in [1.29, 1.82) is 0 Å². The van der Waals surface area contributed by atoms with Gasteiger partial charge in [0, 0.05) is 45.5 Å². The fraction of sp³-hybridized carbons (Fsp3) is 0.588. The van der Waals surface area contributed by atoms with Crippen LogP contribution in [0, 0.1) is 0 Å². The molecule has 8 heteroatoms. The molecule has 0 saturated carbocycles. The Balaban J connectivity index is 1.34. The Kier molecular flexibility index (Phi) is 4.54. The zero-order valence-corrected chi connectivity index (χ0v) is 14.2. The summed E-state index contributed by atoms with van der Waals surface area (Å²) in [6.07, 6.45) is 4.29. The van der Waals surface area contributed by atoms with Crippen LogP contribution in [0.1, 0.15) is 12.8 Å². The molecule has 2 saturated heterocycles. The highest BCUT2D eigenvalue weighted by Gasteiger charge is 2.25. The monoisotopic (exact) mass is 345 g/mol. The molecule has 25 heavy (non-hydrogen) atoms. The third-order valence-electron chi connectivity index (χ3n) is 4.98. The molecule has 1 unspecified atom stereocenters. The number of hydrogen-bond donors (Lipinski definition) is 0. The van der Waals surface area contributed by atoms with Crippen LogP contribution in [0.15, 0.2) is 29.2 Å². The van der Waals surface area contributed by atoms with Crippen LogP contribution in [0.2, 0.25) is 0 Å². The number of ether oxygens (including phenoxy) is 1. The fourth-order valence-electron chi connectivity index (χ4n) is 3.56. The zero-order chi connectivity index (χ0) is 17.2. The lowest BCUT2D eigenvalue weighted by molar-refractivity contribution is -0.134. The third-order valence-corrected chi connectivity index (χ3v) is 4.98. The van der Waals surface area contributed by atoms with Gasteiger partial charge < -0.3 is 9.64 Å². The average Bonchev–Trinajstić information content (AvgIpc) is 3.24. The van der Waals surface area contributed by atoms with Gasteiger partial charge >= 0.3 is 5.69 Å². The smallest absolute Gasteiger partial charge is 0.350 e. The van der Waals surface area contributed by atoms with Crippen LogP contribution >= 0.6 is 0 Å². The summed E-state index contributed by atoms with van der Waals surface area (Å²) in [6, 6.07) is 5.35. The summed E-state index contributed by atoms with van der Waals surface area (Å²) in [7, 11) is 0. The Morgan fingerprint density at radius 2 is 2.08 bits per heavy atom. The van der Waals surface area contributed by atoms with Crippen LogP contribution in [0.4, 0.5) is 0 Å². The first-order valence-corrected chi connectivity index (χ1v) is 8.86. The van der Waals surface area contributed by atoms with Crippen molar-refractivity contribution in [1.82, 2.24) is 24.0 Å². The van der Waals surface area contributed by atoms with Gasteiger partial charge in [-0.1, -0.05) is 6.07 Å². The highest BCUT2D eigenvalue weighted by molar-refractivity contribution is 5.76. The summed E-state index contributed by atoms with van der Waals surface area (Å²) in [4.78, 5) is 29.0. The van der Waals surface area contributed by atoms with E-state index in [1.54, 1.807) is 18.3 Å². The number of rotatable bonds is 4. The average molecular weight is 345 g/mol. The van der Waals surface area contributed by atoms with Crippen molar-refractivity contribution in [2.75, 3.05) is 39.3 Å². The molecule has 0 N–H and O–H groups in total. The van der Waals surface area contributed by atoms with E-state index >= 15 is 0 Å². The molecule has 0 aromatic carbocycles. The van der Waals surface area contributed by atoms with Crippen LogP contribution in [-0.2, 0) is 16.1 Å². The van der Waals surface area contributed by atoms with Gasteiger partial charge in [0.1, 0.15) is 6.54 Å². The molecule has 2 aromatic rings. The van der Waals surface area contributed by atoms with E-state index in [1.807, 2.05) is 11.0 Å². The molecule has 1 atom stereocenters. The Morgan fingerprint density at radius 3 is 2.80 bits per heavy atom. The SMILES string of the molecule is O=C(Cn1nc2ccccn2c1=O)N1CCN(CC2CCCO2)CC1. The predicted octanol–water partition coefficient (Wildman–Crippen LogP) is -0.181. The second-order valence-corrected chi connectivity index (χ2v) is 6.69. The summed E-state index contributed by atoms with van der Waals surface area (Å²) >= 11 is 0. The number of fused-ring (bicyclic) bond motifs is 1. The van der Waals surface area contributed by atoms with Crippen molar-refractivity contribution >= 4 is 11.6 Å². The highest BCUT2D eigenvalue weighted by atomic mass is 16.5.